The van der Waals surface area contributed by atoms with E-state index >= 15 is 0 Å². The number of unbranched alkanes of at least 4 members (excludes halogenated alkanes) is 3. The van der Waals surface area contributed by atoms with Crippen LogP contribution in [0.2, 0.25) is 0 Å². The first kappa shape index (κ1) is 22.7. The van der Waals surface area contributed by atoms with E-state index in [-0.39, 0.29) is 30.8 Å². The van der Waals surface area contributed by atoms with E-state index < -0.39 is 0 Å². The zero-order valence-electron chi connectivity index (χ0n) is 16.8. The fourth-order valence-corrected chi connectivity index (χ4v) is 2.67. The molecule has 6 heteroatoms. The summed E-state index contributed by atoms with van der Waals surface area (Å²) in [5.41, 5.74) is 1.80. The van der Waals surface area contributed by atoms with Gasteiger partial charge in [-0.05, 0) is 31.9 Å². The molecule has 27 heavy (non-hydrogen) atoms. The summed E-state index contributed by atoms with van der Waals surface area (Å²) in [5, 5.41) is 5.32. The summed E-state index contributed by atoms with van der Waals surface area (Å²) in [6.07, 6.45) is 5.40. The normalized spacial score (nSPS) is 10.3. The Morgan fingerprint density at radius 1 is 0.926 bits per heavy atom. The average molecular weight is 376 g/mol. The van der Waals surface area contributed by atoms with Crippen LogP contribution in [0.4, 0.5) is 5.69 Å². The number of nitrogens with zero attached hydrogens (tertiary/aromatic N) is 1. The highest BCUT2D eigenvalue weighted by Gasteiger charge is 2.16. The molecule has 0 bridgehead atoms. The summed E-state index contributed by atoms with van der Waals surface area (Å²) in [6, 6.07) is 7.44. The number of benzene rings is 1. The maximum Gasteiger partial charge on any atom is 0.243 e. The van der Waals surface area contributed by atoms with Gasteiger partial charge in [0.2, 0.25) is 17.7 Å². The Balaban J connectivity index is 2.38. The molecule has 1 aromatic rings. The number of amides is 3. The van der Waals surface area contributed by atoms with Crippen LogP contribution < -0.4 is 10.6 Å². The first-order valence-corrected chi connectivity index (χ1v) is 9.87. The fraction of sp³-hybridized carbons (Fsp3) is 0.571. The standard InChI is InChI=1S/C21H33N3O3/c1-4-6-7-8-9-21(27)24(14-5-2)16-20(26)22-15-19(25)23-18-12-10-17(3)11-13-18/h10-13H,4-9,14-16H2,1-3H3,(H,22,26)(H,23,25). The van der Waals surface area contributed by atoms with Gasteiger partial charge in [-0.25, -0.2) is 0 Å². The van der Waals surface area contributed by atoms with E-state index in [4.69, 9.17) is 0 Å². The Labute approximate surface area is 162 Å². The number of anilines is 1. The molecule has 2 N–H and O–H groups in total. The molecule has 0 radical (unpaired) electrons. The maximum atomic E-state index is 12.3. The van der Waals surface area contributed by atoms with Crippen LogP contribution in [0.25, 0.3) is 0 Å². The quantitative estimate of drug-likeness (QED) is 0.551. The van der Waals surface area contributed by atoms with Crippen LogP contribution in [-0.4, -0.2) is 42.3 Å². The molecule has 0 spiro atoms. The highest BCUT2D eigenvalue weighted by molar-refractivity contribution is 5.95. The second-order valence-corrected chi connectivity index (χ2v) is 6.82. The van der Waals surface area contributed by atoms with Crippen molar-refractivity contribution in [2.75, 3.05) is 25.0 Å². The Hall–Kier alpha value is -2.37. The van der Waals surface area contributed by atoms with Crippen LogP contribution in [0.5, 0.6) is 0 Å². The van der Waals surface area contributed by atoms with Crippen molar-refractivity contribution in [1.29, 1.82) is 0 Å². The minimum absolute atomic E-state index is 0.00172. The summed E-state index contributed by atoms with van der Waals surface area (Å²) < 4.78 is 0. The van der Waals surface area contributed by atoms with Crippen molar-refractivity contribution in [2.45, 2.75) is 59.3 Å². The molecule has 0 saturated carbocycles. The van der Waals surface area contributed by atoms with Crippen molar-refractivity contribution < 1.29 is 14.4 Å². The lowest BCUT2D eigenvalue weighted by Crippen LogP contribution is -2.43. The predicted molar refractivity (Wildman–Crippen MR) is 108 cm³/mol. The average Bonchev–Trinajstić information content (AvgIpc) is 2.65. The molecule has 1 aromatic carbocycles. The monoisotopic (exact) mass is 375 g/mol. The molecular weight excluding hydrogens is 342 g/mol. The van der Waals surface area contributed by atoms with Crippen molar-refractivity contribution >= 4 is 23.4 Å². The topological polar surface area (TPSA) is 78.5 Å². The third-order valence-electron chi connectivity index (χ3n) is 4.21. The Bertz CT molecular complexity index is 599. The highest BCUT2D eigenvalue weighted by Crippen LogP contribution is 2.08. The summed E-state index contributed by atoms with van der Waals surface area (Å²) in [7, 11) is 0. The Kier molecular flexibility index (Phi) is 10.8. The van der Waals surface area contributed by atoms with Gasteiger partial charge >= 0.3 is 0 Å². The fourth-order valence-electron chi connectivity index (χ4n) is 2.67. The second kappa shape index (κ2) is 12.9. The van der Waals surface area contributed by atoms with Gasteiger partial charge in [0.1, 0.15) is 0 Å². The van der Waals surface area contributed by atoms with Crippen LogP contribution in [0.15, 0.2) is 24.3 Å². The zero-order valence-corrected chi connectivity index (χ0v) is 16.8. The van der Waals surface area contributed by atoms with Gasteiger partial charge in [-0.2, -0.15) is 0 Å². The number of carbonyl (C=O) groups is 3. The highest BCUT2D eigenvalue weighted by atomic mass is 16.2. The van der Waals surface area contributed by atoms with Crippen molar-refractivity contribution in [3.8, 4) is 0 Å². The lowest BCUT2D eigenvalue weighted by Gasteiger charge is -2.21. The lowest BCUT2D eigenvalue weighted by atomic mass is 10.1. The van der Waals surface area contributed by atoms with E-state index in [1.807, 2.05) is 38.1 Å². The van der Waals surface area contributed by atoms with E-state index in [2.05, 4.69) is 17.6 Å². The van der Waals surface area contributed by atoms with Crippen LogP contribution in [-0.2, 0) is 14.4 Å². The third-order valence-corrected chi connectivity index (χ3v) is 4.21. The molecule has 0 unspecified atom stereocenters. The smallest absolute Gasteiger partial charge is 0.243 e. The number of rotatable bonds is 12. The third kappa shape index (κ3) is 9.78. The number of hydrogen-bond acceptors (Lipinski definition) is 3. The largest absolute Gasteiger partial charge is 0.345 e. The molecule has 6 nitrogen and oxygen atoms in total. The summed E-state index contributed by atoms with van der Waals surface area (Å²) >= 11 is 0. The van der Waals surface area contributed by atoms with Gasteiger partial charge in [-0.1, -0.05) is 50.8 Å². The molecule has 0 aliphatic rings. The molecule has 150 valence electrons. The van der Waals surface area contributed by atoms with Crippen LogP contribution in [0.1, 0.15) is 57.9 Å². The van der Waals surface area contributed by atoms with Gasteiger partial charge in [0, 0.05) is 18.7 Å². The number of carbonyl (C=O) groups excluding carboxylic acids is 3. The summed E-state index contributed by atoms with van der Waals surface area (Å²) in [6.45, 7) is 6.51. The second-order valence-electron chi connectivity index (χ2n) is 6.82. The minimum Gasteiger partial charge on any atom is -0.345 e. The predicted octanol–water partition coefficient (Wildman–Crippen LogP) is 3.26. The van der Waals surface area contributed by atoms with Crippen molar-refractivity contribution in [3.05, 3.63) is 29.8 Å². The molecule has 0 heterocycles. The van der Waals surface area contributed by atoms with Gasteiger partial charge < -0.3 is 15.5 Å². The molecular formula is C21H33N3O3. The maximum absolute atomic E-state index is 12.3. The van der Waals surface area contributed by atoms with Gasteiger partial charge in [-0.15, -0.1) is 0 Å². The van der Waals surface area contributed by atoms with E-state index in [0.29, 0.717) is 18.7 Å². The van der Waals surface area contributed by atoms with E-state index in [1.54, 1.807) is 4.90 Å². The number of hydrogen-bond donors (Lipinski definition) is 2. The van der Waals surface area contributed by atoms with Crippen LogP contribution in [0, 0.1) is 6.92 Å². The molecule has 0 atom stereocenters. The molecule has 1 rings (SSSR count). The van der Waals surface area contributed by atoms with Gasteiger partial charge in [0.25, 0.3) is 0 Å². The van der Waals surface area contributed by atoms with Crippen molar-refractivity contribution in [2.24, 2.45) is 0 Å². The van der Waals surface area contributed by atoms with Crippen LogP contribution >= 0.6 is 0 Å². The number of nitrogens with one attached hydrogen (secondary N) is 2. The molecule has 0 aliphatic heterocycles. The van der Waals surface area contributed by atoms with Gasteiger partial charge in [-0.3, -0.25) is 14.4 Å². The first-order chi connectivity index (χ1) is 13.0. The van der Waals surface area contributed by atoms with Crippen molar-refractivity contribution in [1.82, 2.24) is 10.2 Å². The first-order valence-electron chi connectivity index (χ1n) is 9.87. The van der Waals surface area contributed by atoms with Crippen molar-refractivity contribution in [3.63, 3.8) is 0 Å². The van der Waals surface area contributed by atoms with E-state index in [9.17, 15) is 14.4 Å². The lowest BCUT2D eigenvalue weighted by molar-refractivity contribution is -0.136. The van der Waals surface area contributed by atoms with Gasteiger partial charge in [0.15, 0.2) is 0 Å². The van der Waals surface area contributed by atoms with E-state index in [0.717, 1.165) is 37.7 Å². The van der Waals surface area contributed by atoms with Gasteiger partial charge in [0.05, 0.1) is 13.1 Å². The SMILES string of the molecule is CCCCCCC(=O)N(CCC)CC(=O)NCC(=O)Nc1ccc(C)cc1. The Morgan fingerprint density at radius 3 is 2.26 bits per heavy atom. The van der Waals surface area contributed by atoms with E-state index in [1.165, 1.54) is 0 Å². The van der Waals surface area contributed by atoms with Crippen LogP contribution in [0.3, 0.4) is 0 Å². The minimum atomic E-state index is -0.315. The molecule has 0 aromatic heterocycles. The zero-order chi connectivity index (χ0) is 20.1. The Morgan fingerprint density at radius 2 is 1.63 bits per heavy atom. The number of aryl methyl sites for hydroxylation is 1. The molecule has 0 aliphatic carbocycles. The molecule has 0 saturated heterocycles. The summed E-state index contributed by atoms with van der Waals surface area (Å²) in [4.78, 5) is 38.0. The summed E-state index contributed by atoms with van der Waals surface area (Å²) in [5.74, 6) is -0.600. The molecule has 0 fully saturated rings. The molecule has 3 amide bonds.